The van der Waals surface area contributed by atoms with Gasteiger partial charge in [-0.15, -0.1) is 0 Å². The van der Waals surface area contributed by atoms with Crippen LogP contribution < -0.4 is 9.64 Å². The van der Waals surface area contributed by atoms with Crippen LogP contribution in [0.25, 0.3) is 0 Å². The second-order valence-corrected chi connectivity index (χ2v) is 7.58. The Morgan fingerprint density at radius 3 is 2.29 bits per heavy atom. The van der Waals surface area contributed by atoms with Gasteiger partial charge in [-0.3, -0.25) is 4.90 Å². The summed E-state index contributed by atoms with van der Waals surface area (Å²) in [5.41, 5.74) is -1.62. The minimum absolute atomic E-state index is 0.0789. The van der Waals surface area contributed by atoms with Crippen LogP contribution in [0.5, 0.6) is 5.75 Å². The number of halogens is 4. The van der Waals surface area contributed by atoms with E-state index < -0.39 is 35.2 Å². The lowest BCUT2D eigenvalue weighted by molar-refractivity contribution is -0.152. The van der Waals surface area contributed by atoms with Crippen LogP contribution in [0.3, 0.4) is 0 Å². The molecule has 0 aromatic heterocycles. The number of nitrogens with zero attached hydrogens (tertiary/aromatic N) is 2. The van der Waals surface area contributed by atoms with Crippen molar-refractivity contribution >= 4 is 17.7 Å². The molecule has 1 fully saturated rings. The number of carboxylic acid groups (broad SMARTS) is 1. The highest BCUT2D eigenvalue weighted by Crippen LogP contribution is 2.31. The molecule has 10 heteroatoms. The largest absolute Gasteiger partial charge is 0.478 e. The van der Waals surface area contributed by atoms with Crippen molar-refractivity contribution in [3.05, 3.63) is 59.4 Å². The van der Waals surface area contributed by atoms with E-state index in [2.05, 4.69) is 0 Å². The van der Waals surface area contributed by atoms with E-state index in [1.54, 1.807) is 0 Å². The Labute approximate surface area is 175 Å². The monoisotopic (exact) mass is 440 g/mol. The van der Waals surface area contributed by atoms with Gasteiger partial charge in [0.1, 0.15) is 0 Å². The number of aliphatic carboxylic acids is 1. The molecule has 1 aliphatic heterocycles. The van der Waals surface area contributed by atoms with E-state index in [1.807, 2.05) is 0 Å². The van der Waals surface area contributed by atoms with Gasteiger partial charge >= 0.3 is 18.2 Å². The highest BCUT2D eigenvalue weighted by Gasteiger charge is 2.33. The summed E-state index contributed by atoms with van der Waals surface area (Å²) in [6.45, 7) is 3.25. The lowest BCUT2D eigenvalue weighted by Crippen LogP contribution is -2.38. The molecule has 2 aromatic rings. The Morgan fingerprint density at radius 2 is 1.74 bits per heavy atom. The average molecular weight is 440 g/mol. The van der Waals surface area contributed by atoms with E-state index in [0.29, 0.717) is 17.8 Å². The fourth-order valence-electron chi connectivity index (χ4n) is 3.06. The molecule has 2 aromatic carbocycles. The van der Waals surface area contributed by atoms with Crippen LogP contribution in [0.1, 0.15) is 25.0 Å². The summed E-state index contributed by atoms with van der Waals surface area (Å²) in [7, 11) is 0. The average Bonchev–Trinajstić information content (AvgIpc) is 3.03. The Balaban J connectivity index is 1.68. The molecule has 0 spiro atoms. The minimum Gasteiger partial charge on any atom is -0.478 e. The van der Waals surface area contributed by atoms with Gasteiger partial charge in [0.2, 0.25) is 0 Å². The highest BCUT2D eigenvalue weighted by atomic mass is 19.4. The van der Waals surface area contributed by atoms with Crippen LogP contribution in [0.15, 0.2) is 42.5 Å². The maximum absolute atomic E-state index is 14.4. The lowest BCUT2D eigenvalue weighted by Gasteiger charge is -2.22. The molecule has 166 valence electrons. The zero-order chi connectivity index (χ0) is 23.0. The molecule has 0 unspecified atom stereocenters. The molecular weight excluding hydrogens is 420 g/mol. The molecule has 2 amide bonds. The predicted molar refractivity (Wildman–Crippen MR) is 103 cm³/mol. The number of urea groups is 1. The molecule has 1 N–H and O–H groups in total. The molecule has 0 aliphatic carbocycles. The van der Waals surface area contributed by atoms with Crippen LogP contribution in [-0.2, 0) is 17.5 Å². The topological polar surface area (TPSA) is 70.1 Å². The first-order chi connectivity index (χ1) is 14.4. The lowest BCUT2D eigenvalue weighted by atomic mass is 10.1. The number of carbonyl (C=O) groups excluding carboxylic acids is 1. The fourth-order valence-corrected chi connectivity index (χ4v) is 3.06. The van der Waals surface area contributed by atoms with Crippen LogP contribution >= 0.6 is 0 Å². The summed E-state index contributed by atoms with van der Waals surface area (Å²) in [6.07, 6.45) is -4.46. The first-order valence-electron chi connectivity index (χ1n) is 9.33. The predicted octanol–water partition coefficient (Wildman–Crippen LogP) is 4.53. The second kappa shape index (κ2) is 8.09. The third-order valence-electron chi connectivity index (χ3n) is 4.85. The minimum atomic E-state index is -4.46. The summed E-state index contributed by atoms with van der Waals surface area (Å²) < 4.78 is 57.7. The van der Waals surface area contributed by atoms with Gasteiger partial charge in [0.25, 0.3) is 0 Å². The number of anilines is 1. The van der Waals surface area contributed by atoms with E-state index in [4.69, 9.17) is 9.84 Å². The zero-order valence-corrected chi connectivity index (χ0v) is 16.7. The molecule has 31 heavy (non-hydrogen) atoms. The molecule has 0 atom stereocenters. The molecule has 6 nitrogen and oxygen atoms in total. The standard InChI is InChI=1S/C21H20F4N2O4/c1-20(2,18(28)29)31-17-8-3-13(11-16(17)22)12-26-9-10-27(19(26)30)15-6-4-14(5-7-15)21(23,24)25/h3-8,11H,9-10,12H2,1-2H3,(H,28,29). The van der Waals surface area contributed by atoms with E-state index in [-0.39, 0.29) is 18.8 Å². The number of alkyl halides is 3. The van der Waals surface area contributed by atoms with Gasteiger partial charge in [-0.2, -0.15) is 13.2 Å². The van der Waals surface area contributed by atoms with Gasteiger partial charge in [0.05, 0.1) is 5.56 Å². The molecule has 0 bridgehead atoms. The number of rotatable bonds is 6. The van der Waals surface area contributed by atoms with Crippen molar-refractivity contribution in [2.45, 2.75) is 32.2 Å². The van der Waals surface area contributed by atoms with Gasteiger partial charge in [-0.1, -0.05) is 6.07 Å². The van der Waals surface area contributed by atoms with Crippen molar-refractivity contribution in [1.29, 1.82) is 0 Å². The third-order valence-corrected chi connectivity index (χ3v) is 4.85. The first kappa shape index (κ1) is 22.4. The summed E-state index contributed by atoms with van der Waals surface area (Å²) >= 11 is 0. The number of carboxylic acids is 1. The van der Waals surface area contributed by atoms with Crippen LogP contribution in [0.2, 0.25) is 0 Å². The number of hydrogen-bond donors (Lipinski definition) is 1. The smallest absolute Gasteiger partial charge is 0.416 e. The van der Waals surface area contributed by atoms with E-state index in [0.717, 1.165) is 18.2 Å². The SMILES string of the molecule is CC(C)(Oc1ccc(CN2CCN(c3ccc(C(F)(F)F)cc3)C2=O)cc1F)C(=O)O. The van der Waals surface area contributed by atoms with E-state index in [9.17, 15) is 27.2 Å². The zero-order valence-electron chi connectivity index (χ0n) is 16.7. The van der Waals surface area contributed by atoms with Gasteiger partial charge in [-0.25, -0.2) is 14.0 Å². The summed E-state index contributed by atoms with van der Waals surface area (Å²) in [4.78, 5) is 26.6. The van der Waals surface area contributed by atoms with Gasteiger partial charge in [-0.05, 0) is 55.8 Å². The number of amides is 2. The molecule has 0 saturated carbocycles. The molecular formula is C21H20F4N2O4. The van der Waals surface area contributed by atoms with Crippen molar-refractivity contribution < 1.29 is 37.0 Å². The summed E-state index contributed by atoms with van der Waals surface area (Å²) in [5, 5.41) is 9.09. The third kappa shape index (κ3) is 4.89. The van der Waals surface area contributed by atoms with Crippen LogP contribution in [-0.4, -0.2) is 40.7 Å². The van der Waals surface area contributed by atoms with Gasteiger partial charge in [0.15, 0.2) is 17.2 Å². The Hall–Kier alpha value is -3.30. The highest BCUT2D eigenvalue weighted by molar-refractivity contribution is 5.94. The molecule has 1 aliphatic rings. The van der Waals surface area contributed by atoms with Crippen LogP contribution in [0.4, 0.5) is 28.0 Å². The Morgan fingerprint density at radius 1 is 1.10 bits per heavy atom. The van der Waals surface area contributed by atoms with Crippen molar-refractivity contribution in [2.24, 2.45) is 0 Å². The number of ether oxygens (including phenoxy) is 1. The number of hydrogen-bond acceptors (Lipinski definition) is 3. The fraction of sp³-hybridized carbons (Fsp3) is 0.333. The van der Waals surface area contributed by atoms with Crippen LogP contribution in [0, 0.1) is 5.82 Å². The molecule has 1 saturated heterocycles. The second-order valence-electron chi connectivity index (χ2n) is 7.58. The van der Waals surface area contributed by atoms with Gasteiger partial charge < -0.3 is 14.7 Å². The Kier molecular flexibility index (Phi) is 5.84. The van der Waals surface area contributed by atoms with Crippen molar-refractivity contribution in [1.82, 2.24) is 4.90 Å². The maximum atomic E-state index is 14.4. The number of benzene rings is 2. The van der Waals surface area contributed by atoms with E-state index >= 15 is 0 Å². The van der Waals surface area contributed by atoms with Crippen molar-refractivity contribution in [3.8, 4) is 5.75 Å². The molecule has 0 radical (unpaired) electrons. The molecule has 3 rings (SSSR count). The van der Waals surface area contributed by atoms with Crippen molar-refractivity contribution in [2.75, 3.05) is 18.0 Å². The Bertz CT molecular complexity index is 990. The first-order valence-corrected chi connectivity index (χ1v) is 9.33. The normalized spacial score (nSPS) is 14.8. The summed E-state index contributed by atoms with van der Waals surface area (Å²) in [6, 6.07) is 7.86. The number of carbonyl (C=O) groups is 2. The summed E-state index contributed by atoms with van der Waals surface area (Å²) in [5.74, 6) is -2.24. The quantitative estimate of drug-likeness (QED) is 0.671. The van der Waals surface area contributed by atoms with E-state index in [1.165, 1.54) is 47.9 Å². The maximum Gasteiger partial charge on any atom is 0.416 e. The van der Waals surface area contributed by atoms with Crippen molar-refractivity contribution in [3.63, 3.8) is 0 Å². The van der Waals surface area contributed by atoms with Gasteiger partial charge in [0, 0.05) is 25.3 Å². The molecule has 1 heterocycles.